The highest BCUT2D eigenvalue weighted by Gasteiger charge is 2.34. The highest BCUT2D eigenvalue weighted by molar-refractivity contribution is 7.98. The number of phenolic OH excluding ortho intramolecular Hbond substituents is 1. The van der Waals surface area contributed by atoms with Gasteiger partial charge in [-0.2, -0.15) is 11.8 Å². The first-order valence-electron chi connectivity index (χ1n) is 20.2. The Labute approximate surface area is 378 Å². The number of carboxylic acids is 1. The van der Waals surface area contributed by atoms with E-state index in [0.717, 1.165) is 6.92 Å². The summed E-state index contributed by atoms with van der Waals surface area (Å²) in [6, 6.07) is 5.69. The third kappa shape index (κ3) is 20.5. The van der Waals surface area contributed by atoms with Crippen LogP contribution in [-0.4, -0.2) is 154 Å². The van der Waals surface area contributed by atoms with Gasteiger partial charge in [0, 0.05) is 26.2 Å². The summed E-state index contributed by atoms with van der Waals surface area (Å²) in [6.45, 7) is 0.110. The molecule has 0 aromatic heterocycles. The van der Waals surface area contributed by atoms with Gasteiger partial charge in [0.2, 0.25) is 53.2 Å². The van der Waals surface area contributed by atoms with E-state index in [2.05, 4.69) is 42.5 Å². The van der Waals surface area contributed by atoms with Crippen molar-refractivity contribution < 1.29 is 68.4 Å². The molecule has 0 aliphatic rings. The molecule has 2 aromatic rings. The lowest BCUT2D eigenvalue weighted by atomic mass is 10.0. The molecule has 0 saturated carbocycles. The molecule has 24 heteroatoms. The van der Waals surface area contributed by atoms with Crippen molar-refractivity contribution in [2.24, 2.45) is 5.73 Å². The van der Waals surface area contributed by atoms with Crippen molar-refractivity contribution in [3.63, 3.8) is 0 Å². The van der Waals surface area contributed by atoms with Gasteiger partial charge < -0.3 is 68.7 Å². The summed E-state index contributed by atoms with van der Waals surface area (Å²) in [6.07, 6.45) is -0.853. The molecule has 0 saturated heterocycles. The second-order valence-electron chi connectivity index (χ2n) is 14.6. The summed E-state index contributed by atoms with van der Waals surface area (Å²) in [4.78, 5) is 127. The maximum Gasteiger partial charge on any atom is 0.303 e. The number of hydrogen-bond donors (Lipinski definition) is 13. The van der Waals surface area contributed by atoms with Crippen molar-refractivity contribution in [2.45, 2.75) is 88.3 Å². The maximum absolute atomic E-state index is 13.8. The molecule has 356 valence electrons. The van der Waals surface area contributed by atoms with Crippen LogP contribution in [0.1, 0.15) is 44.2 Å². The molecule has 0 fully saturated rings. The number of benzene rings is 2. The molecule has 2 rings (SSSR count). The Morgan fingerprint density at radius 2 is 1.17 bits per heavy atom. The van der Waals surface area contributed by atoms with Crippen LogP contribution in [0.3, 0.4) is 0 Å². The van der Waals surface area contributed by atoms with Gasteiger partial charge in [-0.25, -0.2) is 0 Å². The summed E-state index contributed by atoms with van der Waals surface area (Å²) < 4.78 is 0. The van der Waals surface area contributed by atoms with Gasteiger partial charge in [0.1, 0.15) is 42.0 Å². The van der Waals surface area contributed by atoms with Gasteiger partial charge in [-0.15, -0.1) is 0 Å². The number of nitrogens with one attached hydrogen (secondary N) is 8. The number of aliphatic carboxylic acids is 1. The van der Waals surface area contributed by atoms with Gasteiger partial charge in [-0.1, -0.05) is 42.5 Å². The molecule has 0 spiro atoms. The van der Waals surface area contributed by atoms with Crippen LogP contribution in [-0.2, 0) is 60.8 Å². The Morgan fingerprint density at radius 1 is 0.631 bits per heavy atom. The molecule has 0 aliphatic heterocycles. The normalized spacial score (nSPS) is 14.0. The van der Waals surface area contributed by atoms with E-state index < -0.39 is 128 Å². The number of rotatable bonds is 28. The fourth-order valence-electron chi connectivity index (χ4n) is 5.88. The zero-order chi connectivity index (χ0) is 48.6. The average molecular weight is 932 g/mol. The molecule has 0 unspecified atom stereocenters. The summed E-state index contributed by atoms with van der Waals surface area (Å²) in [5, 5.41) is 57.7. The van der Waals surface area contributed by atoms with Crippen molar-refractivity contribution >= 4 is 70.9 Å². The Hall–Kier alpha value is -6.79. The number of thioether (sulfide) groups is 1. The van der Waals surface area contributed by atoms with Gasteiger partial charge in [0.25, 0.3) is 0 Å². The van der Waals surface area contributed by atoms with E-state index in [1.54, 1.807) is 48.7 Å². The molecular weight excluding hydrogens is 875 g/mol. The molecular formula is C41H57N9O14S. The van der Waals surface area contributed by atoms with Crippen molar-refractivity contribution in [3.05, 3.63) is 65.7 Å². The quantitative estimate of drug-likeness (QED) is 0.0385. The number of carbonyl (C=O) groups is 10. The smallest absolute Gasteiger partial charge is 0.303 e. The van der Waals surface area contributed by atoms with Crippen LogP contribution >= 0.6 is 11.8 Å². The van der Waals surface area contributed by atoms with Crippen LogP contribution in [0.2, 0.25) is 0 Å². The Kier molecular flexibility index (Phi) is 23.5. The van der Waals surface area contributed by atoms with E-state index in [0.29, 0.717) is 16.9 Å². The fraction of sp³-hybridized carbons (Fsp3) is 0.463. The van der Waals surface area contributed by atoms with E-state index in [4.69, 9.17) is 10.8 Å². The van der Waals surface area contributed by atoms with Crippen molar-refractivity contribution in [1.82, 2.24) is 42.5 Å². The minimum Gasteiger partial charge on any atom is -0.508 e. The summed E-state index contributed by atoms with van der Waals surface area (Å²) >= 11 is 1.31. The topological polar surface area (TPSA) is 374 Å². The predicted molar refractivity (Wildman–Crippen MR) is 233 cm³/mol. The van der Waals surface area contributed by atoms with E-state index in [1.807, 2.05) is 0 Å². The Morgan fingerprint density at radius 3 is 1.72 bits per heavy atom. The fourth-order valence-corrected chi connectivity index (χ4v) is 6.35. The second-order valence-corrected chi connectivity index (χ2v) is 15.6. The average Bonchev–Trinajstić information content (AvgIpc) is 3.25. The van der Waals surface area contributed by atoms with Gasteiger partial charge in [-0.3, -0.25) is 47.9 Å². The molecule has 14 N–H and O–H groups in total. The predicted octanol–water partition coefficient (Wildman–Crippen LogP) is -4.19. The van der Waals surface area contributed by atoms with Crippen LogP contribution in [0.4, 0.5) is 0 Å². The molecule has 0 aliphatic carbocycles. The van der Waals surface area contributed by atoms with Crippen molar-refractivity contribution in [3.8, 4) is 5.75 Å². The van der Waals surface area contributed by atoms with Gasteiger partial charge in [0.05, 0.1) is 25.8 Å². The third-order valence-corrected chi connectivity index (χ3v) is 9.95. The minimum absolute atomic E-state index is 0.00544. The number of hydrogen-bond acceptors (Lipinski definition) is 14. The first-order chi connectivity index (χ1) is 30.7. The molecule has 2 aromatic carbocycles. The molecule has 7 atom stereocenters. The van der Waals surface area contributed by atoms with E-state index in [-0.39, 0.29) is 31.4 Å². The van der Waals surface area contributed by atoms with Gasteiger partial charge in [0.15, 0.2) is 0 Å². The first kappa shape index (κ1) is 54.3. The number of phenols is 1. The lowest BCUT2D eigenvalue weighted by molar-refractivity contribution is -0.138. The highest BCUT2D eigenvalue weighted by Crippen LogP contribution is 2.12. The largest absolute Gasteiger partial charge is 0.508 e. The summed E-state index contributed by atoms with van der Waals surface area (Å²) in [5.41, 5.74) is 6.46. The zero-order valence-electron chi connectivity index (χ0n) is 36.0. The molecule has 0 heterocycles. The lowest BCUT2D eigenvalue weighted by Gasteiger charge is -2.27. The zero-order valence-corrected chi connectivity index (χ0v) is 36.8. The standard InChI is InChI=1S/C41H57N9O14S/c1-22(52)35(41(64)49-31(21-51)40(63)47-27(36(42)59)13-14-34(57)58)50-38(61)28(15-16-65-3)48-39(62)30(17-24-7-5-4-6-8-24)46-33(56)20-43-32(55)19-44-37(60)29(45-23(2)53)18-25-9-11-26(54)12-10-25/h4-12,22,27-31,35,51-52,54H,13-21H2,1-3H3,(H2,42,59)(H,43,55)(H,44,60)(H,45,53)(H,46,56)(H,47,63)(H,48,62)(H,49,64)(H,50,61)(H,57,58)/t22-,27+,28+,29+,30+,31+,35+/m1/s1. The van der Waals surface area contributed by atoms with Crippen molar-refractivity contribution in [1.29, 1.82) is 0 Å². The molecule has 9 amide bonds. The van der Waals surface area contributed by atoms with Gasteiger partial charge in [-0.05, 0) is 55.0 Å². The monoisotopic (exact) mass is 931 g/mol. The number of carboxylic acid groups (broad SMARTS) is 1. The van der Waals surface area contributed by atoms with Crippen LogP contribution in [0.15, 0.2) is 54.6 Å². The first-order valence-corrected chi connectivity index (χ1v) is 21.6. The third-order valence-electron chi connectivity index (χ3n) is 9.30. The van der Waals surface area contributed by atoms with Crippen LogP contribution in [0, 0.1) is 0 Å². The van der Waals surface area contributed by atoms with E-state index in [1.165, 1.54) is 30.8 Å². The van der Waals surface area contributed by atoms with Crippen molar-refractivity contribution in [2.75, 3.05) is 31.7 Å². The second kappa shape index (κ2) is 28.1. The molecule has 65 heavy (non-hydrogen) atoms. The molecule has 0 bridgehead atoms. The van der Waals surface area contributed by atoms with Crippen LogP contribution in [0.5, 0.6) is 5.75 Å². The van der Waals surface area contributed by atoms with E-state index in [9.17, 15) is 63.3 Å². The Bertz CT molecular complexity index is 1970. The number of primary amides is 1. The van der Waals surface area contributed by atoms with Crippen LogP contribution in [0.25, 0.3) is 0 Å². The highest BCUT2D eigenvalue weighted by atomic mass is 32.2. The number of carbonyl (C=O) groups excluding carboxylic acids is 9. The SMILES string of the molecule is CSCC[C@H](NC(=O)[C@H](Cc1ccccc1)NC(=O)CNC(=O)CNC(=O)[C@H](Cc1ccc(O)cc1)NC(C)=O)C(=O)N[C@H](C(=O)N[C@@H](CO)C(=O)N[C@@H](CCC(=O)O)C(N)=O)[C@@H](C)O. The summed E-state index contributed by atoms with van der Waals surface area (Å²) in [5.74, 6) is -8.94. The number of aromatic hydroxyl groups is 1. The summed E-state index contributed by atoms with van der Waals surface area (Å²) in [7, 11) is 0. The van der Waals surface area contributed by atoms with Gasteiger partial charge >= 0.3 is 5.97 Å². The minimum atomic E-state index is -1.76. The number of aliphatic hydroxyl groups is 2. The Balaban J connectivity index is 2.15. The van der Waals surface area contributed by atoms with Crippen LogP contribution < -0.4 is 48.3 Å². The number of amides is 9. The van der Waals surface area contributed by atoms with E-state index >= 15 is 0 Å². The lowest BCUT2D eigenvalue weighted by Crippen LogP contribution is -2.62. The molecule has 23 nitrogen and oxygen atoms in total. The maximum atomic E-state index is 13.8. The number of nitrogens with two attached hydrogens (primary N) is 1. The molecule has 0 radical (unpaired) electrons. The number of aliphatic hydroxyl groups excluding tert-OH is 2.